The lowest BCUT2D eigenvalue weighted by Crippen LogP contribution is -2.72. The fourth-order valence-corrected chi connectivity index (χ4v) is 6.26. The molecule has 1 N–H and O–H groups in total. The van der Waals surface area contributed by atoms with Crippen molar-refractivity contribution in [3.05, 3.63) is 59.4 Å². The van der Waals surface area contributed by atoms with Gasteiger partial charge in [0.15, 0.2) is 5.60 Å². The Morgan fingerprint density at radius 1 is 1.23 bits per heavy atom. The first-order valence-corrected chi connectivity index (χ1v) is 13.5. The zero-order valence-electron chi connectivity index (χ0n) is 20.8. The van der Waals surface area contributed by atoms with Gasteiger partial charge < -0.3 is 14.2 Å². The van der Waals surface area contributed by atoms with Gasteiger partial charge in [-0.25, -0.2) is 4.39 Å². The average molecular weight is 501 g/mol. The maximum absolute atomic E-state index is 15.8. The number of piperidine rings is 2. The van der Waals surface area contributed by atoms with Gasteiger partial charge in [0, 0.05) is 29.9 Å². The Hall–Kier alpha value is -2.42. The molecule has 3 atom stereocenters. The number of nitrogens with one attached hydrogen (secondary N) is 1. The molecule has 0 aromatic heterocycles. The number of benzene rings is 2. The fourth-order valence-electron chi connectivity index (χ4n) is 5.53. The first-order valence-electron chi connectivity index (χ1n) is 11.9. The third-order valence-electron chi connectivity index (χ3n) is 7.11. The largest absolute Gasteiger partial charge is 0.598 e. The summed E-state index contributed by atoms with van der Waals surface area (Å²) in [6.07, 6.45) is 3.38. The molecule has 188 valence electrons. The minimum Gasteiger partial charge on any atom is -0.598 e. The van der Waals surface area contributed by atoms with Crippen molar-refractivity contribution in [2.75, 3.05) is 6.26 Å². The Morgan fingerprint density at radius 3 is 2.54 bits per heavy atom. The van der Waals surface area contributed by atoms with Gasteiger partial charge in [-0.3, -0.25) is 9.59 Å². The smallest absolute Gasteiger partial charge is 0.303 e. The van der Waals surface area contributed by atoms with Crippen LogP contribution >= 0.6 is 0 Å². The van der Waals surface area contributed by atoms with Gasteiger partial charge >= 0.3 is 5.97 Å². The second-order valence-electron chi connectivity index (χ2n) is 10.2. The van der Waals surface area contributed by atoms with Crippen molar-refractivity contribution in [1.82, 2.24) is 9.62 Å². The molecule has 0 radical (unpaired) electrons. The van der Waals surface area contributed by atoms with Crippen LogP contribution in [0.15, 0.2) is 42.5 Å². The van der Waals surface area contributed by atoms with Crippen molar-refractivity contribution in [3.8, 4) is 11.1 Å². The molecule has 2 aromatic carbocycles. The van der Waals surface area contributed by atoms with Crippen molar-refractivity contribution in [2.24, 2.45) is 5.92 Å². The van der Waals surface area contributed by atoms with E-state index in [1.807, 2.05) is 37.3 Å². The highest BCUT2D eigenvalue weighted by Crippen LogP contribution is 2.45. The van der Waals surface area contributed by atoms with Crippen LogP contribution in [0.25, 0.3) is 11.1 Å². The second-order valence-corrected chi connectivity index (χ2v) is 11.4. The molecule has 2 saturated heterocycles. The van der Waals surface area contributed by atoms with Crippen molar-refractivity contribution in [1.29, 1.82) is 0 Å². The number of fused-ring (bicyclic) bond motifs is 2. The Bertz CT molecular complexity index is 1120. The van der Waals surface area contributed by atoms with Crippen molar-refractivity contribution < 1.29 is 23.3 Å². The number of hydrogen-bond donors (Lipinski definition) is 1. The highest BCUT2D eigenvalue weighted by molar-refractivity contribution is 7.88. The number of hydrogen-bond acceptors (Lipinski definition) is 5. The SMILES string of the molecule is CC(=O)OC(C)(C)C(=O)N1C2CC(C2)[C@H](N[S+](C)[O-])[C@@H]1Cc1cccc(-c2cccc(C)c2)c1F. The van der Waals surface area contributed by atoms with Crippen molar-refractivity contribution in [2.45, 2.75) is 70.7 Å². The Kier molecular flexibility index (Phi) is 7.27. The molecule has 2 heterocycles. The molecule has 5 rings (SSSR count). The third kappa shape index (κ3) is 5.25. The number of esters is 1. The first-order chi connectivity index (χ1) is 16.5. The summed E-state index contributed by atoms with van der Waals surface area (Å²) in [4.78, 5) is 27.1. The van der Waals surface area contributed by atoms with Crippen LogP contribution in [0.2, 0.25) is 0 Å². The van der Waals surface area contributed by atoms with Crippen LogP contribution in [-0.4, -0.2) is 51.3 Å². The maximum Gasteiger partial charge on any atom is 0.303 e. The second kappa shape index (κ2) is 9.91. The van der Waals surface area contributed by atoms with E-state index in [9.17, 15) is 14.1 Å². The van der Waals surface area contributed by atoms with Crippen LogP contribution in [0.5, 0.6) is 0 Å². The minimum atomic E-state index is -1.36. The number of carbonyl (C=O) groups is 2. The third-order valence-corrected chi connectivity index (χ3v) is 7.71. The van der Waals surface area contributed by atoms with E-state index in [-0.39, 0.29) is 36.1 Å². The van der Waals surface area contributed by atoms with Gasteiger partial charge in [-0.2, -0.15) is 0 Å². The number of nitrogens with zero attached hydrogens (tertiary/aromatic N) is 1. The Balaban J connectivity index is 1.71. The topological polar surface area (TPSA) is 81.7 Å². The summed E-state index contributed by atoms with van der Waals surface area (Å²) in [6.45, 7) is 6.41. The fraction of sp³-hybridized carbons (Fsp3) is 0.481. The number of halogens is 1. The van der Waals surface area contributed by atoms with Crippen LogP contribution < -0.4 is 4.72 Å². The van der Waals surface area contributed by atoms with E-state index in [0.717, 1.165) is 24.0 Å². The van der Waals surface area contributed by atoms with Crippen LogP contribution in [0.1, 0.15) is 44.7 Å². The summed E-state index contributed by atoms with van der Waals surface area (Å²) in [7, 11) is 0. The zero-order chi connectivity index (χ0) is 25.5. The summed E-state index contributed by atoms with van der Waals surface area (Å²) < 4.78 is 36.5. The molecule has 35 heavy (non-hydrogen) atoms. The van der Waals surface area contributed by atoms with Crippen LogP contribution in [0.3, 0.4) is 0 Å². The molecule has 3 fully saturated rings. The van der Waals surface area contributed by atoms with Gasteiger partial charge in [0.25, 0.3) is 5.91 Å². The van der Waals surface area contributed by atoms with Gasteiger partial charge in [0.2, 0.25) is 0 Å². The predicted molar refractivity (Wildman–Crippen MR) is 134 cm³/mol. The van der Waals surface area contributed by atoms with E-state index in [2.05, 4.69) is 4.72 Å². The molecule has 6 nitrogen and oxygen atoms in total. The molecule has 0 spiro atoms. The van der Waals surface area contributed by atoms with Crippen molar-refractivity contribution >= 4 is 23.2 Å². The normalized spacial score (nSPS) is 24.5. The lowest BCUT2D eigenvalue weighted by atomic mass is 9.66. The zero-order valence-corrected chi connectivity index (χ0v) is 21.7. The van der Waals surface area contributed by atoms with Gasteiger partial charge in [-0.1, -0.05) is 48.0 Å². The lowest BCUT2D eigenvalue weighted by Gasteiger charge is -2.58. The van der Waals surface area contributed by atoms with Gasteiger partial charge in [-0.15, -0.1) is 4.72 Å². The number of ether oxygens (including phenoxy) is 1. The number of aryl methyl sites for hydroxylation is 1. The van der Waals surface area contributed by atoms with Gasteiger partial charge in [-0.05, 0) is 57.1 Å². The summed E-state index contributed by atoms with van der Waals surface area (Å²) in [5.74, 6) is -0.924. The van der Waals surface area contributed by atoms with Crippen LogP contribution in [0, 0.1) is 18.7 Å². The number of amides is 1. The van der Waals surface area contributed by atoms with E-state index in [0.29, 0.717) is 11.1 Å². The van der Waals surface area contributed by atoms with E-state index in [1.54, 1.807) is 37.1 Å². The highest BCUT2D eigenvalue weighted by Gasteiger charge is 2.56. The Morgan fingerprint density at radius 2 is 1.91 bits per heavy atom. The molecule has 1 amide bonds. The molecule has 1 aliphatic carbocycles. The molecule has 2 bridgehead atoms. The summed E-state index contributed by atoms with van der Waals surface area (Å²) in [5, 5.41) is 0. The van der Waals surface area contributed by atoms with Gasteiger partial charge in [0.1, 0.15) is 12.1 Å². The minimum absolute atomic E-state index is 0.0151. The van der Waals surface area contributed by atoms with E-state index < -0.39 is 29.0 Å². The molecular weight excluding hydrogens is 467 g/mol. The number of rotatable bonds is 7. The molecular formula is C27H33FN2O4S. The average Bonchev–Trinajstić information content (AvgIpc) is 2.73. The standard InChI is InChI=1S/C27H33FN2O4S/c1-16-8-6-9-18(12-16)22-11-7-10-19(24(22)28)15-23-25(29-35(5)33)20-13-21(14-20)30(23)26(32)27(3,4)34-17(2)31/h6-12,20-21,23,25,29H,13-15H2,1-5H3/t20?,21?,23-,25-,35?/m0/s1. The molecule has 2 aliphatic heterocycles. The quantitative estimate of drug-likeness (QED) is 0.460. The van der Waals surface area contributed by atoms with Gasteiger partial charge in [0.05, 0.1) is 12.1 Å². The van der Waals surface area contributed by atoms with Crippen LogP contribution in [-0.2, 0) is 32.1 Å². The lowest BCUT2D eigenvalue weighted by molar-refractivity contribution is -0.179. The number of carbonyl (C=O) groups excluding carboxylic acids is 2. The predicted octanol–water partition coefficient (Wildman–Crippen LogP) is 3.93. The van der Waals surface area contributed by atoms with E-state index in [1.165, 1.54) is 6.92 Å². The molecule has 2 aromatic rings. The maximum atomic E-state index is 15.8. The summed E-state index contributed by atoms with van der Waals surface area (Å²) >= 11 is -1.31. The highest BCUT2D eigenvalue weighted by atomic mass is 32.2. The molecule has 1 unspecified atom stereocenters. The summed E-state index contributed by atoms with van der Waals surface area (Å²) in [5.41, 5.74) is 1.48. The molecule has 1 saturated carbocycles. The van der Waals surface area contributed by atoms with Crippen molar-refractivity contribution in [3.63, 3.8) is 0 Å². The van der Waals surface area contributed by atoms with Crippen LogP contribution in [0.4, 0.5) is 4.39 Å². The monoisotopic (exact) mass is 500 g/mol. The Labute approximate surface area is 209 Å². The van der Waals surface area contributed by atoms with E-state index >= 15 is 4.39 Å². The molecule has 3 aliphatic rings. The first kappa shape index (κ1) is 25.7. The molecule has 8 heteroatoms. The summed E-state index contributed by atoms with van der Waals surface area (Å²) in [6, 6.07) is 12.3. The van der Waals surface area contributed by atoms with E-state index in [4.69, 9.17) is 4.74 Å².